The molecule has 7 aromatic rings. The molecule has 20 nitrogen and oxygen atoms in total. The van der Waals surface area contributed by atoms with E-state index < -0.39 is 119 Å². The summed E-state index contributed by atoms with van der Waals surface area (Å²) < 4.78 is 37.6. The van der Waals surface area contributed by atoms with E-state index in [1.54, 1.807) is 92.7 Å². The van der Waals surface area contributed by atoms with Crippen LogP contribution in [0.3, 0.4) is 0 Å². The van der Waals surface area contributed by atoms with Gasteiger partial charge in [-0.2, -0.15) is 0 Å². The van der Waals surface area contributed by atoms with Crippen LogP contribution in [0, 0.1) is 16.7 Å². The van der Waals surface area contributed by atoms with Gasteiger partial charge in [-0.15, -0.1) is 0 Å². The Balaban J connectivity index is 0.684. The van der Waals surface area contributed by atoms with E-state index in [1.807, 2.05) is 0 Å². The van der Waals surface area contributed by atoms with Crippen LogP contribution in [0.25, 0.3) is 21.5 Å². The van der Waals surface area contributed by atoms with E-state index in [4.69, 9.17) is 28.4 Å². The maximum atomic E-state index is 16.0. The van der Waals surface area contributed by atoms with Crippen molar-refractivity contribution in [1.82, 2.24) is 10.6 Å². The van der Waals surface area contributed by atoms with Crippen LogP contribution in [0.1, 0.15) is 177 Å². The van der Waals surface area contributed by atoms with Crippen LogP contribution in [0.4, 0.5) is 11.4 Å². The summed E-state index contributed by atoms with van der Waals surface area (Å²) in [5.41, 5.74) is -1.61. The number of rotatable bonds is 26. The number of hydrogen-bond acceptors (Lipinski definition) is 18. The van der Waals surface area contributed by atoms with E-state index in [9.17, 15) is 39.0 Å². The van der Waals surface area contributed by atoms with Crippen molar-refractivity contribution in [3.05, 3.63) is 239 Å². The Morgan fingerprint density at radius 1 is 0.664 bits per heavy atom. The van der Waals surface area contributed by atoms with Gasteiger partial charge in [0.1, 0.15) is 30.0 Å². The van der Waals surface area contributed by atoms with Gasteiger partial charge < -0.3 is 59.1 Å². The highest BCUT2D eigenvalue weighted by Gasteiger charge is 2.78. The van der Waals surface area contributed by atoms with Crippen molar-refractivity contribution in [3.63, 3.8) is 0 Å². The van der Waals surface area contributed by atoms with Gasteiger partial charge in [0, 0.05) is 98.5 Å². The number of nitrogens with one attached hydrogen (secondary N) is 2. The molecule has 2 saturated carbocycles. The molecule has 12 atom stereocenters. The summed E-state index contributed by atoms with van der Waals surface area (Å²) in [7, 11) is 2.19. The van der Waals surface area contributed by atoms with Gasteiger partial charge in [-0.1, -0.05) is 206 Å². The molecule has 7 aromatic carbocycles. The second-order valence-electron chi connectivity index (χ2n) is 33.0. The lowest BCUT2D eigenvalue weighted by atomic mass is 9.44. The van der Waals surface area contributed by atoms with Crippen molar-refractivity contribution in [1.29, 1.82) is 0 Å². The highest BCUT2D eigenvalue weighted by Crippen LogP contribution is 2.65. The number of ether oxygens (including phenoxy) is 6. The predicted molar refractivity (Wildman–Crippen MR) is 431 cm³/mol. The monoisotopic (exact) mass is 1530 g/mol. The van der Waals surface area contributed by atoms with Crippen molar-refractivity contribution in [2.75, 3.05) is 36.5 Å². The van der Waals surface area contributed by atoms with Gasteiger partial charge in [-0.05, 0) is 131 Å². The summed E-state index contributed by atoms with van der Waals surface area (Å²) in [6, 6.07) is 49.3. The standard InChI is InChI=1S/C93H104N4O16/c1-57-69(55-93(107)84(112-86(105)64-40-22-14-23-41-64)82-91(10,72(100)54-73-92(82,56-108-73)113-59(3)99)83(103)80(109-58(2)98)76(57)90(93,8)9)110-87(106)81(79(62-36-18-12-19-37-62)95-85(104)63-38-20-13-21-39-63)111-75(102)47-27-16-32-52-94-74(101)46-26-17-33-53-97-68-51-49-61-35-29-31-43-66(61)78(68)89(6,7)71(97)45-25-15-24-44-70-88(4,5)77-65-42-30-28-34-60(65)48-50-67(77)96(70)11/h12-15,18-25,28-31,34-45,48-51,69-70,72-73,79-82,84,100,107H,16-17,26-27,32-33,46-47,52-56H2,1-11H3,(H,94,101)(H,95,104)/b25-15+,44-24+,71-45+/t69-,70?,72-,73+,79-,80+,81+,82-,84-,91+,92-,93+/m0/s1. The summed E-state index contributed by atoms with van der Waals surface area (Å²) >= 11 is 0. The van der Waals surface area contributed by atoms with E-state index in [2.05, 4.69) is 158 Å². The molecule has 2 amide bonds. The number of hydrogen-bond donors (Lipinski definition) is 4. The molecule has 1 saturated heterocycles. The number of carbonyl (C=O) groups is 8. The average molecular weight is 1530 g/mol. The maximum absolute atomic E-state index is 16.0. The second kappa shape index (κ2) is 32.5. The number of amides is 2. The van der Waals surface area contributed by atoms with Gasteiger partial charge in [0.15, 0.2) is 17.5 Å². The fourth-order valence-corrected chi connectivity index (χ4v) is 19.1. The SMILES string of the molecule is CC(=O)O[C@H]1C(=O)[C@@]2(C)[C@H]([C@H](OC(=O)c3ccccc3)[C@]3(O)C[C@H](OC(=O)[C@H](OC(=O)CCCCCNC(=O)CCCCCN4/C(=C/C=C/C=C/C5N(C)c6ccc7ccccc7c6C5(C)C)C(C)(C)c5c4ccc4ccccc54)[C@@H](NC(=O)c4ccccc4)c4ccccc4)C(C)=C1C3(C)C)[C@]1(OC(C)=O)CO[C@@H]1C[C@@H]2O. The number of esters is 5. The number of likely N-dealkylation sites (N-methyl/N-ethyl adjacent to an activating group) is 1. The molecule has 4 N–H and O–H groups in total. The minimum absolute atomic E-state index is 0.0405. The fourth-order valence-electron chi connectivity index (χ4n) is 19.1. The first-order valence-electron chi connectivity index (χ1n) is 39.5. The van der Waals surface area contributed by atoms with Gasteiger partial charge in [0.2, 0.25) is 12.0 Å². The minimum Gasteiger partial charge on any atom is -0.455 e. The third kappa shape index (κ3) is 15.1. The van der Waals surface area contributed by atoms with Crippen molar-refractivity contribution in [2.24, 2.45) is 16.7 Å². The molecule has 113 heavy (non-hydrogen) atoms. The number of anilines is 2. The average Bonchev–Trinajstić information content (AvgIpc) is 1.51. The Morgan fingerprint density at radius 2 is 1.27 bits per heavy atom. The number of Topliss-reactive ketones (excluding diaryl/α,β-unsaturated/α-hetero) is 1. The first-order valence-corrected chi connectivity index (χ1v) is 39.5. The van der Waals surface area contributed by atoms with Crippen molar-refractivity contribution in [3.8, 4) is 0 Å². The molecular formula is C93H104N4O16. The number of nitrogens with zero attached hydrogens (tertiary/aromatic N) is 2. The zero-order valence-corrected chi connectivity index (χ0v) is 66.4. The predicted octanol–water partition coefficient (Wildman–Crippen LogP) is 14.4. The third-order valence-electron chi connectivity index (χ3n) is 25.0. The Labute approximate surface area is 660 Å². The zero-order valence-electron chi connectivity index (χ0n) is 66.4. The Kier molecular flexibility index (Phi) is 23.2. The van der Waals surface area contributed by atoms with Crippen molar-refractivity contribution >= 4 is 80.4 Å². The lowest BCUT2D eigenvalue weighted by Crippen LogP contribution is -2.82. The molecular weight excluding hydrogens is 1430 g/mol. The van der Waals surface area contributed by atoms with E-state index in [0.29, 0.717) is 37.8 Å². The molecule has 0 radical (unpaired) electrons. The van der Waals surface area contributed by atoms with Crippen LogP contribution in [0.15, 0.2) is 211 Å². The highest BCUT2D eigenvalue weighted by molar-refractivity contribution is 5.98. The molecule has 3 aliphatic carbocycles. The normalized spacial score (nSPS) is 25.9. The molecule has 2 bridgehead atoms. The molecule has 0 aromatic heterocycles. The summed E-state index contributed by atoms with van der Waals surface area (Å²) in [6.45, 7) is 18.4. The van der Waals surface area contributed by atoms with Gasteiger partial charge >= 0.3 is 29.8 Å². The number of fused-ring (bicyclic) bond motifs is 11. The number of unbranched alkanes of at least 4 members (excludes halogenated alkanes) is 4. The first kappa shape index (κ1) is 80.5. The van der Waals surface area contributed by atoms with E-state index in [-0.39, 0.29) is 70.9 Å². The molecule has 20 heteroatoms. The number of ketones is 1. The number of carbonyl (C=O) groups excluding carboxylic acids is 8. The fraction of sp³-hybridized carbons (Fsp3) is 0.419. The van der Waals surface area contributed by atoms with Gasteiger partial charge in [0.25, 0.3) is 5.91 Å². The third-order valence-corrected chi connectivity index (χ3v) is 25.0. The van der Waals surface area contributed by atoms with Crippen LogP contribution in [0.2, 0.25) is 0 Å². The second-order valence-corrected chi connectivity index (χ2v) is 33.0. The first-order chi connectivity index (χ1) is 53.9. The number of benzene rings is 7. The lowest BCUT2D eigenvalue weighted by Gasteiger charge is -2.67. The van der Waals surface area contributed by atoms with Crippen LogP contribution < -0.4 is 20.4 Å². The van der Waals surface area contributed by atoms with Crippen molar-refractivity contribution < 1.29 is 77.0 Å². The summed E-state index contributed by atoms with van der Waals surface area (Å²) in [5, 5.41) is 37.6. The zero-order chi connectivity index (χ0) is 80.5. The lowest BCUT2D eigenvalue weighted by molar-refractivity contribution is -0.346. The summed E-state index contributed by atoms with van der Waals surface area (Å²) in [6.07, 6.45) is 3.92. The number of aliphatic hydroxyl groups excluding tert-OH is 1. The number of allylic oxidation sites excluding steroid dienone is 5. The molecule has 13 rings (SSSR count). The van der Waals surface area contributed by atoms with Crippen LogP contribution in [-0.4, -0.2) is 138 Å². The Hall–Kier alpha value is -10.5. The number of aliphatic hydroxyl groups is 2. The van der Waals surface area contributed by atoms with Gasteiger partial charge in [-0.3, -0.25) is 28.8 Å². The maximum Gasteiger partial charge on any atom is 0.350 e. The van der Waals surface area contributed by atoms with Crippen LogP contribution in [-0.2, 0) is 68.0 Å². The Morgan fingerprint density at radius 3 is 1.92 bits per heavy atom. The summed E-state index contributed by atoms with van der Waals surface area (Å²) in [5.74, 6) is -7.95. The van der Waals surface area contributed by atoms with E-state index in [1.165, 1.54) is 75.7 Å². The molecule has 3 aliphatic heterocycles. The Bertz CT molecular complexity index is 4930. The van der Waals surface area contributed by atoms with Gasteiger partial charge in [0.05, 0.1) is 35.6 Å². The van der Waals surface area contributed by atoms with E-state index in [0.717, 1.165) is 33.2 Å². The highest BCUT2D eigenvalue weighted by atomic mass is 16.6. The quantitative estimate of drug-likeness (QED) is 0.0129. The van der Waals surface area contributed by atoms with Crippen molar-refractivity contribution in [2.45, 2.75) is 204 Å². The molecule has 3 heterocycles. The van der Waals surface area contributed by atoms with Gasteiger partial charge in [-0.25, -0.2) is 9.59 Å². The minimum atomic E-state index is -2.49. The van der Waals surface area contributed by atoms with Crippen LogP contribution in [0.5, 0.6) is 0 Å². The summed E-state index contributed by atoms with van der Waals surface area (Å²) in [4.78, 5) is 120. The molecule has 3 fully saturated rings. The molecule has 6 aliphatic rings. The molecule has 1 unspecified atom stereocenters. The van der Waals surface area contributed by atoms with Crippen LogP contribution >= 0.6 is 0 Å². The molecule has 592 valence electrons. The molecule has 0 spiro atoms. The largest absolute Gasteiger partial charge is 0.455 e. The van der Waals surface area contributed by atoms with E-state index >= 15 is 9.59 Å². The smallest absolute Gasteiger partial charge is 0.350 e. The topological polar surface area (TPSA) is 263 Å².